The van der Waals surface area contributed by atoms with Gasteiger partial charge in [0.2, 0.25) is 0 Å². The highest BCUT2D eigenvalue weighted by Crippen LogP contribution is 2.72. The molecule has 4 aliphatic carbocycles. The van der Waals surface area contributed by atoms with Crippen LogP contribution in [0.15, 0.2) is 23.3 Å². The predicted octanol–water partition coefficient (Wildman–Crippen LogP) is 2.38. The van der Waals surface area contributed by atoms with Crippen LogP contribution in [0.3, 0.4) is 0 Å². The van der Waals surface area contributed by atoms with Gasteiger partial charge in [0.1, 0.15) is 18.2 Å². The zero-order valence-electron chi connectivity index (χ0n) is 19.5. The SMILES string of the molecule is CC1=C[C@H]2[C@@]3(O)[C@H](C)CC4C([C@@H]3C=C(COC(=O)[C@@H](N)C(C)C)C[C@]2(O)C1=O)C4(C)C. The Kier molecular flexibility index (Phi) is 5.12. The fourth-order valence-corrected chi connectivity index (χ4v) is 6.83. The quantitative estimate of drug-likeness (QED) is 0.466. The molecular formula is C25H37NO5. The number of carbonyl (C=O) groups excluding carboxylic acids is 2. The molecule has 2 unspecified atom stereocenters. The number of esters is 1. The number of hydrogen-bond donors (Lipinski definition) is 3. The van der Waals surface area contributed by atoms with Gasteiger partial charge in [0.15, 0.2) is 5.78 Å². The first-order chi connectivity index (χ1) is 14.3. The second-order valence-corrected chi connectivity index (χ2v) is 11.5. The number of rotatable bonds is 4. The van der Waals surface area contributed by atoms with Gasteiger partial charge in [-0.1, -0.05) is 46.8 Å². The van der Waals surface area contributed by atoms with Gasteiger partial charge in [-0.25, -0.2) is 0 Å². The van der Waals surface area contributed by atoms with Crippen molar-refractivity contribution < 1.29 is 24.5 Å². The van der Waals surface area contributed by atoms with E-state index in [2.05, 4.69) is 13.8 Å². The van der Waals surface area contributed by atoms with Crippen molar-refractivity contribution in [1.29, 1.82) is 0 Å². The highest BCUT2D eigenvalue weighted by molar-refractivity contribution is 6.04. The summed E-state index contributed by atoms with van der Waals surface area (Å²) in [5, 5.41) is 23.8. The predicted molar refractivity (Wildman–Crippen MR) is 117 cm³/mol. The molecular weight excluding hydrogens is 394 g/mol. The maximum absolute atomic E-state index is 13.1. The molecule has 0 bridgehead atoms. The van der Waals surface area contributed by atoms with Gasteiger partial charge in [0.05, 0.1) is 5.60 Å². The number of Topliss-reactive ketones (excluding diaryl/α,β-unsaturated/α-hetero) is 1. The number of nitrogens with two attached hydrogens (primary N) is 1. The molecule has 0 radical (unpaired) electrons. The average Bonchev–Trinajstić information content (AvgIpc) is 3.18. The summed E-state index contributed by atoms with van der Waals surface area (Å²) in [7, 11) is 0. The van der Waals surface area contributed by atoms with Crippen LogP contribution >= 0.6 is 0 Å². The van der Waals surface area contributed by atoms with Gasteiger partial charge in [0, 0.05) is 18.3 Å². The second kappa shape index (κ2) is 7.00. The van der Waals surface area contributed by atoms with Gasteiger partial charge < -0.3 is 20.7 Å². The Bertz CT molecular complexity index is 873. The minimum absolute atomic E-state index is 0.0284. The lowest BCUT2D eigenvalue weighted by Crippen LogP contribution is -2.59. The standard InChI is InChI=1S/C25H37NO5/c1-12(2)20(26)22(28)31-11-15-9-17-19-16(23(19,5)6)8-14(4)25(17,30)18-7-13(3)21(27)24(18,29)10-15/h7,9,12,14,16-20,29-30H,8,10-11,26H2,1-6H3/t14-,16?,17+,18-,19?,20+,24-,25-/m1/s1. The monoisotopic (exact) mass is 431 g/mol. The van der Waals surface area contributed by atoms with Gasteiger partial charge in [-0.05, 0) is 53.6 Å². The highest BCUT2D eigenvalue weighted by atomic mass is 16.5. The van der Waals surface area contributed by atoms with E-state index in [0.717, 1.165) is 6.42 Å². The summed E-state index contributed by atoms with van der Waals surface area (Å²) in [4.78, 5) is 25.4. The normalized spacial score (nSPS) is 43.8. The zero-order chi connectivity index (χ0) is 23.1. The van der Waals surface area contributed by atoms with E-state index in [4.69, 9.17) is 10.5 Å². The van der Waals surface area contributed by atoms with Crippen LogP contribution in [0.4, 0.5) is 0 Å². The number of ketones is 1. The average molecular weight is 432 g/mol. The molecule has 31 heavy (non-hydrogen) atoms. The van der Waals surface area contributed by atoms with Gasteiger partial charge in [-0.15, -0.1) is 0 Å². The Hall–Kier alpha value is -1.50. The topological polar surface area (TPSA) is 110 Å². The van der Waals surface area contributed by atoms with Crippen molar-refractivity contribution in [3.8, 4) is 0 Å². The van der Waals surface area contributed by atoms with Crippen molar-refractivity contribution in [3.63, 3.8) is 0 Å². The Morgan fingerprint density at radius 2 is 1.94 bits per heavy atom. The summed E-state index contributed by atoms with van der Waals surface area (Å²) < 4.78 is 5.50. The molecule has 0 aromatic carbocycles. The Morgan fingerprint density at radius 3 is 2.55 bits per heavy atom. The maximum atomic E-state index is 13.1. The molecule has 8 atom stereocenters. The summed E-state index contributed by atoms with van der Waals surface area (Å²) in [5.74, 6) is -1.08. The molecule has 0 aliphatic heterocycles. The lowest BCUT2D eigenvalue weighted by molar-refractivity contribution is -0.168. The van der Waals surface area contributed by atoms with Crippen molar-refractivity contribution in [2.45, 2.75) is 71.6 Å². The van der Waals surface area contributed by atoms with Crippen LogP contribution in [0.2, 0.25) is 0 Å². The van der Waals surface area contributed by atoms with Crippen LogP contribution in [-0.4, -0.2) is 45.8 Å². The molecule has 6 heteroatoms. The van der Waals surface area contributed by atoms with Crippen molar-refractivity contribution >= 4 is 11.8 Å². The zero-order valence-corrected chi connectivity index (χ0v) is 19.5. The van der Waals surface area contributed by atoms with Crippen LogP contribution in [0.25, 0.3) is 0 Å². The molecule has 6 nitrogen and oxygen atoms in total. The minimum atomic E-state index is -1.72. The number of fused-ring (bicyclic) bond motifs is 5. The molecule has 2 saturated carbocycles. The number of carbonyl (C=O) groups is 2. The van der Waals surface area contributed by atoms with Crippen LogP contribution < -0.4 is 5.73 Å². The van der Waals surface area contributed by atoms with Gasteiger partial charge >= 0.3 is 5.97 Å². The largest absolute Gasteiger partial charge is 0.460 e. The van der Waals surface area contributed by atoms with E-state index < -0.39 is 29.1 Å². The number of aliphatic hydroxyl groups is 2. The Labute approximate surface area is 184 Å². The van der Waals surface area contributed by atoms with Crippen LogP contribution in [0.5, 0.6) is 0 Å². The molecule has 0 aromatic rings. The summed E-state index contributed by atoms with van der Waals surface area (Å²) in [6.45, 7) is 11.9. The molecule has 172 valence electrons. The third-order valence-electron chi connectivity index (χ3n) is 8.94. The third kappa shape index (κ3) is 3.09. The van der Waals surface area contributed by atoms with Crippen molar-refractivity contribution in [2.75, 3.05) is 6.61 Å². The van der Waals surface area contributed by atoms with Crippen LogP contribution in [0, 0.1) is 40.9 Å². The van der Waals surface area contributed by atoms with E-state index in [1.807, 2.05) is 26.8 Å². The van der Waals surface area contributed by atoms with Crippen molar-refractivity contribution in [1.82, 2.24) is 0 Å². The molecule has 0 aromatic heterocycles. The molecule has 4 aliphatic rings. The summed E-state index contributed by atoms with van der Waals surface area (Å²) in [6.07, 6.45) is 4.71. The first-order valence-electron chi connectivity index (χ1n) is 11.6. The van der Waals surface area contributed by atoms with Crippen molar-refractivity contribution in [3.05, 3.63) is 23.3 Å². The molecule has 0 amide bonds. The van der Waals surface area contributed by atoms with E-state index in [1.165, 1.54) is 0 Å². The maximum Gasteiger partial charge on any atom is 0.323 e. The van der Waals surface area contributed by atoms with Crippen molar-refractivity contribution in [2.24, 2.45) is 46.7 Å². The molecule has 4 N–H and O–H groups in total. The van der Waals surface area contributed by atoms with E-state index in [1.54, 1.807) is 13.0 Å². The Balaban J connectivity index is 1.73. The fraction of sp³-hybridized carbons (Fsp3) is 0.760. The molecule has 0 heterocycles. The van der Waals surface area contributed by atoms with Gasteiger partial charge in [0.25, 0.3) is 0 Å². The fourth-order valence-electron chi connectivity index (χ4n) is 6.83. The molecule has 4 rings (SSSR count). The number of hydrogen-bond acceptors (Lipinski definition) is 6. The first kappa shape index (κ1) is 22.7. The molecule has 0 saturated heterocycles. The smallest absolute Gasteiger partial charge is 0.323 e. The number of ether oxygens (including phenoxy) is 1. The lowest BCUT2D eigenvalue weighted by atomic mass is 9.60. The lowest BCUT2D eigenvalue weighted by Gasteiger charge is -2.49. The minimum Gasteiger partial charge on any atom is -0.460 e. The third-order valence-corrected chi connectivity index (χ3v) is 8.94. The van der Waals surface area contributed by atoms with E-state index in [-0.39, 0.29) is 47.9 Å². The van der Waals surface area contributed by atoms with E-state index >= 15 is 0 Å². The highest BCUT2D eigenvalue weighted by Gasteiger charge is 2.73. The Morgan fingerprint density at radius 1 is 1.29 bits per heavy atom. The second-order valence-electron chi connectivity index (χ2n) is 11.5. The summed E-state index contributed by atoms with van der Waals surface area (Å²) in [6, 6.07) is -0.724. The van der Waals surface area contributed by atoms with E-state index in [9.17, 15) is 19.8 Å². The first-order valence-corrected chi connectivity index (χ1v) is 11.6. The van der Waals surface area contributed by atoms with Crippen LogP contribution in [-0.2, 0) is 14.3 Å². The van der Waals surface area contributed by atoms with Crippen LogP contribution in [0.1, 0.15) is 54.4 Å². The molecule has 2 fully saturated rings. The van der Waals surface area contributed by atoms with E-state index in [0.29, 0.717) is 17.1 Å². The van der Waals surface area contributed by atoms with Gasteiger partial charge in [-0.2, -0.15) is 0 Å². The molecule has 0 spiro atoms. The summed E-state index contributed by atoms with van der Waals surface area (Å²) in [5.41, 5.74) is 4.24. The summed E-state index contributed by atoms with van der Waals surface area (Å²) >= 11 is 0. The van der Waals surface area contributed by atoms with Gasteiger partial charge in [-0.3, -0.25) is 9.59 Å².